The number of hydrogen-bond donors (Lipinski definition) is 1. The van der Waals surface area contributed by atoms with Crippen molar-refractivity contribution in [3.05, 3.63) is 40.1 Å². The second-order valence-electron chi connectivity index (χ2n) is 4.39. The minimum absolute atomic E-state index is 0.111. The highest BCUT2D eigenvalue weighted by Crippen LogP contribution is 2.31. The fourth-order valence-corrected chi connectivity index (χ4v) is 2.64. The van der Waals surface area contributed by atoms with Gasteiger partial charge in [-0.05, 0) is 45.0 Å². The Hall–Kier alpha value is -2.01. The largest absolute Gasteiger partial charge is 0.490 e. The number of carbonyl (C=O) groups is 1. The van der Waals surface area contributed by atoms with E-state index in [1.54, 1.807) is 6.07 Å². The van der Waals surface area contributed by atoms with Gasteiger partial charge in [-0.2, -0.15) is 0 Å². The summed E-state index contributed by atoms with van der Waals surface area (Å²) >= 11 is 1.47. The maximum Gasteiger partial charge on any atom is 0.265 e. The van der Waals surface area contributed by atoms with Crippen LogP contribution in [0, 0.1) is 6.92 Å². The minimum atomic E-state index is -0.111. The highest BCUT2D eigenvalue weighted by atomic mass is 32.1. The highest BCUT2D eigenvalue weighted by molar-refractivity contribution is 7.14. The summed E-state index contributed by atoms with van der Waals surface area (Å²) in [4.78, 5) is 13.9. The van der Waals surface area contributed by atoms with Gasteiger partial charge in [0.2, 0.25) is 0 Å². The first-order valence-corrected chi connectivity index (χ1v) is 7.73. The summed E-state index contributed by atoms with van der Waals surface area (Å²) in [5.74, 6) is 1.21. The van der Waals surface area contributed by atoms with Crippen molar-refractivity contribution in [3.63, 3.8) is 0 Å². The second kappa shape index (κ2) is 7.13. The number of thiophene rings is 1. The van der Waals surface area contributed by atoms with Crippen LogP contribution in [0.15, 0.2) is 30.3 Å². The summed E-state index contributed by atoms with van der Waals surface area (Å²) in [7, 11) is 0. The van der Waals surface area contributed by atoms with Gasteiger partial charge in [-0.1, -0.05) is 0 Å². The van der Waals surface area contributed by atoms with Crippen LogP contribution in [0.25, 0.3) is 0 Å². The monoisotopic (exact) mass is 305 g/mol. The molecule has 1 aromatic heterocycles. The van der Waals surface area contributed by atoms with Crippen molar-refractivity contribution in [2.24, 2.45) is 0 Å². The number of benzene rings is 1. The molecule has 112 valence electrons. The van der Waals surface area contributed by atoms with E-state index < -0.39 is 0 Å². The smallest absolute Gasteiger partial charge is 0.265 e. The summed E-state index contributed by atoms with van der Waals surface area (Å²) in [5.41, 5.74) is 0.693. The van der Waals surface area contributed by atoms with Crippen molar-refractivity contribution in [2.75, 3.05) is 18.5 Å². The predicted molar refractivity (Wildman–Crippen MR) is 85.8 cm³/mol. The molecule has 0 fully saturated rings. The zero-order valence-corrected chi connectivity index (χ0v) is 13.3. The van der Waals surface area contributed by atoms with Crippen LogP contribution >= 0.6 is 11.3 Å². The van der Waals surface area contributed by atoms with Crippen molar-refractivity contribution in [2.45, 2.75) is 20.8 Å². The average molecular weight is 305 g/mol. The lowest BCUT2D eigenvalue weighted by atomic mass is 10.2. The quantitative estimate of drug-likeness (QED) is 0.874. The Morgan fingerprint density at radius 3 is 2.43 bits per heavy atom. The van der Waals surface area contributed by atoms with Gasteiger partial charge in [0, 0.05) is 16.6 Å². The van der Waals surface area contributed by atoms with Crippen LogP contribution in [0.4, 0.5) is 5.69 Å². The Bertz CT molecular complexity index is 622. The van der Waals surface area contributed by atoms with Crippen LogP contribution in [0.1, 0.15) is 28.4 Å². The Kier molecular flexibility index (Phi) is 5.22. The molecular formula is C16H19NO3S. The van der Waals surface area contributed by atoms with Crippen LogP contribution in [0.3, 0.4) is 0 Å². The maximum atomic E-state index is 12.1. The van der Waals surface area contributed by atoms with Gasteiger partial charge >= 0.3 is 0 Å². The SMILES string of the molecule is CCOc1ccc(NC(=O)c2ccc(C)s2)cc1OCC. The first-order valence-electron chi connectivity index (χ1n) is 6.91. The topological polar surface area (TPSA) is 47.6 Å². The third kappa shape index (κ3) is 3.98. The maximum absolute atomic E-state index is 12.1. The summed E-state index contributed by atoms with van der Waals surface area (Å²) in [6.45, 7) is 6.92. The van der Waals surface area contributed by atoms with Gasteiger partial charge < -0.3 is 14.8 Å². The van der Waals surface area contributed by atoms with Crippen molar-refractivity contribution in [1.29, 1.82) is 0 Å². The van der Waals surface area contributed by atoms with E-state index in [9.17, 15) is 4.79 Å². The number of aryl methyl sites for hydroxylation is 1. The van der Waals surface area contributed by atoms with Gasteiger partial charge in [0.05, 0.1) is 18.1 Å². The molecule has 0 aliphatic heterocycles. The highest BCUT2D eigenvalue weighted by Gasteiger charge is 2.11. The van der Waals surface area contributed by atoms with Crippen LogP contribution in [0.2, 0.25) is 0 Å². The van der Waals surface area contributed by atoms with E-state index in [2.05, 4.69) is 5.32 Å². The van der Waals surface area contributed by atoms with Gasteiger partial charge in [-0.3, -0.25) is 4.79 Å². The average Bonchev–Trinajstić information content (AvgIpc) is 2.89. The van der Waals surface area contributed by atoms with Crippen LogP contribution in [0.5, 0.6) is 11.5 Å². The van der Waals surface area contributed by atoms with Gasteiger partial charge in [-0.15, -0.1) is 11.3 Å². The molecule has 0 saturated heterocycles. The number of carbonyl (C=O) groups excluding carboxylic acids is 1. The molecule has 21 heavy (non-hydrogen) atoms. The van der Waals surface area contributed by atoms with Crippen molar-refractivity contribution in [3.8, 4) is 11.5 Å². The molecule has 0 aliphatic rings. The fraction of sp³-hybridized carbons (Fsp3) is 0.312. The van der Waals surface area contributed by atoms with E-state index in [0.717, 1.165) is 4.88 Å². The normalized spacial score (nSPS) is 10.2. The third-order valence-corrected chi connectivity index (χ3v) is 3.76. The number of ether oxygens (including phenoxy) is 2. The molecular weight excluding hydrogens is 286 g/mol. The Morgan fingerprint density at radius 2 is 1.81 bits per heavy atom. The minimum Gasteiger partial charge on any atom is -0.490 e. The second-order valence-corrected chi connectivity index (χ2v) is 5.68. The lowest BCUT2D eigenvalue weighted by molar-refractivity contribution is 0.103. The molecule has 2 aromatic rings. The standard InChI is InChI=1S/C16H19NO3S/c1-4-19-13-8-7-12(10-14(13)20-5-2)17-16(18)15-9-6-11(3)21-15/h6-10H,4-5H2,1-3H3,(H,17,18). The first-order chi connectivity index (χ1) is 10.1. The van der Waals surface area contributed by atoms with Crippen molar-refractivity contribution in [1.82, 2.24) is 0 Å². The molecule has 1 aromatic carbocycles. The Morgan fingerprint density at radius 1 is 1.10 bits per heavy atom. The number of hydrogen-bond acceptors (Lipinski definition) is 4. The molecule has 1 N–H and O–H groups in total. The summed E-state index contributed by atoms with van der Waals surface area (Å²) in [6, 6.07) is 9.17. The molecule has 5 heteroatoms. The van der Waals surface area contributed by atoms with E-state index in [4.69, 9.17) is 9.47 Å². The molecule has 0 aliphatic carbocycles. The van der Waals surface area contributed by atoms with Gasteiger partial charge in [0.1, 0.15) is 0 Å². The van der Waals surface area contributed by atoms with E-state index in [1.165, 1.54) is 11.3 Å². The third-order valence-electron chi connectivity index (χ3n) is 2.77. The fourth-order valence-electron chi connectivity index (χ4n) is 1.88. The van der Waals surface area contributed by atoms with Gasteiger partial charge in [-0.25, -0.2) is 0 Å². The van der Waals surface area contributed by atoms with Crippen LogP contribution < -0.4 is 14.8 Å². The lowest BCUT2D eigenvalue weighted by Gasteiger charge is -2.12. The molecule has 4 nitrogen and oxygen atoms in total. The number of nitrogens with one attached hydrogen (secondary N) is 1. The van der Waals surface area contributed by atoms with Crippen molar-refractivity contribution >= 4 is 22.9 Å². The molecule has 0 spiro atoms. The number of anilines is 1. The van der Waals surface area contributed by atoms with E-state index >= 15 is 0 Å². The summed E-state index contributed by atoms with van der Waals surface area (Å²) in [5, 5.41) is 2.88. The predicted octanol–water partition coefficient (Wildman–Crippen LogP) is 4.11. The molecule has 1 amide bonds. The van der Waals surface area contributed by atoms with Gasteiger partial charge in [0.15, 0.2) is 11.5 Å². The number of rotatable bonds is 6. The molecule has 0 bridgehead atoms. The van der Waals surface area contributed by atoms with Crippen molar-refractivity contribution < 1.29 is 14.3 Å². The van der Waals surface area contributed by atoms with E-state index in [0.29, 0.717) is 35.3 Å². The molecule has 0 atom stereocenters. The lowest BCUT2D eigenvalue weighted by Crippen LogP contribution is -2.10. The summed E-state index contributed by atoms with van der Waals surface area (Å²) in [6.07, 6.45) is 0. The summed E-state index contributed by atoms with van der Waals surface area (Å²) < 4.78 is 11.0. The van der Waals surface area contributed by atoms with E-state index in [1.807, 2.05) is 45.0 Å². The Balaban J connectivity index is 2.16. The number of amides is 1. The zero-order chi connectivity index (χ0) is 15.2. The molecule has 1 heterocycles. The van der Waals surface area contributed by atoms with Crippen LogP contribution in [-0.2, 0) is 0 Å². The molecule has 0 radical (unpaired) electrons. The van der Waals surface area contributed by atoms with E-state index in [-0.39, 0.29) is 5.91 Å². The van der Waals surface area contributed by atoms with Gasteiger partial charge in [0.25, 0.3) is 5.91 Å². The zero-order valence-electron chi connectivity index (χ0n) is 12.4. The molecule has 0 unspecified atom stereocenters. The Labute approximate surface area is 128 Å². The molecule has 2 rings (SSSR count). The molecule has 0 saturated carbocycles. The van der Waals surface area contributed by atoms with Crippen LogP contribution in [-0.4, -0.2) is 19.1 Å². The first kappa shape index (κ1) is 15.4.